The molecule has 0 spiro atoms. The molecule has 3 unspecified atom stereocenters. The zero-order valence-electron chi connectivity index (χ0n) is 62.9. The van der Waals surface area contributed by atoms with Crippen LogP contribution in [-0.2, 0) is 18.4 Å². The van der Waals surface area contributed by atoms with Crippen LogP contribution >= 0.6 is 7.82 Å². The van der Waals surface area contributed by atoms with Gasteiger partial charge < -0.3 is 19.8 Å². The van der Waals surface area contributed by atoms with Crippen molar-refractivity contribution >= 4 is 13.7 Å². The minimum absolute atomic E-state index is 0.0797. The number of aliphatic hydroxyl groups excluding tert-OH is 1. The maximum atomic E-state index is 13.1. The number of quaternary nitrogens is 1. The quantitative estimate of drug-likeness (QED) is 0.0318. The first kappa shape index (κ1) is 90.5. The summed E-state index contributed by atoms with van der Waals surface area (Å²) in [4.78, 5) is 23.5. The third-order valence-electron chi connectivity index (χ3n) is 20.1. The molecule has 0 radical (unpaired) electrons. The van der Waals surface area contributed by atoms with Crippen molar-refractivity contribution in [1.82, 2.24) is 5.32 Å². The number of carbonyl (C=O) groups excluding carboxylic acids is 1. The topological polar surface area (TPSA) is 105 Å². The number of aliphatic hydroxyl groups is 1. The summed E-state index contributed by atoms with van der Waals surface area (Å²) in [6.45, 7) is 4.98. The second-order valence-electron chi connectivity index (χ2n) is 30.6. The largest absolute Gasteiger partial charge is 0.472 e. The Hall–Kier alpha value is -0.500. The Morgan fingerprint density at radius 1 is 0.330 bits per heavy atom. The number of hydrogen-bond donors (Lipinski definition) is 3. The van der Waals surface area contributed by atoms with Crippen LogP contribution in [0.25, 0.3) is 0 Å². The van der Waals surface area contributed by atoms with Gasteiger partial charge in [-0.25, -0.2) is 4.57 Å². The highest BCUT2D eigenvalue weighted by Gasteiger charge is 2.28. The Kier molecular flexibility index (Phi) is 73.3. The van der Waals surface area contributed by atoms with Crippen molar-refractivity contribution < 1.29 is 32.9 Å². The number of nitrogens with one attached hydrogen (secondary N) is 1. The van der Waals surface area contributed by atoms with Crippen LogP contribution in [0.2, 0.25) is 0 Å². The number of phosphoric ester groups is 1. The molecular formula is C82H168N2O6P+. The zero-order chi connectivity index (χ0) is 66.2. The fourth-order valence-electron chi connectivity index (χ4n) is 13.6. The summed E-state index contributed by atoms with van der Waals surface area (Å²) in [5.74, 6) is -0.131. The number of carbonyl (C=O) groups is 1. The molecule has 3 atom stereocenters. The minimum atomic E-state index is -4.33. The number of amides is 1. The Labute approximate surface area is 571 Å². The second kappa shape index (κ2) is 73.7. The van der Waals surface area contributed by atoms with Crippen molar-refractivity contribution in [3.05, 3.63) is 0 Å². The van der Waals surface area contributed by atoms with Gasteiger partial charge in [0, 0.05) is 6.42 Å². The summed E-state index contributed by atoms with van der Waals surface area (Å²) in [5, 5.41) is 14.2. The van der Waals surface area contributed by atoms with E-state index in [2.05, 4.69) is 19.2 Å². The second-order valence-corrected chi connectivity index (χ2v) is 32.0. The molecule has 91 heavy (non-hydrogen) atoms. The van der Waals surface area contributed by atoms with E-state index >= 15 is 0 Å². The molecule has 0 heterocycles. The summed E-state index contributed by atoms with van der Waals surface area (Å²) >= 11 is 0. The zero-order valence-corrected chi connectivity index (χ0v) is 63.8. The maximum Gasteiger partial charge on any atom is 0.472 e. The van der Waals surface area contributed by atoms with Gasteiger partial charge >= 0.3 is 7.82 Å². The predicted molar refractivity (Wildman–Crippen MR) is 402 cm³/mol. The molecule has 0 bridgehead atoms. The molecule has 0 saturated heterocycles. The van der Waals surface area contributed by atoms with Crippen LogP contribution < -0.4 is 5.32 Å². The lowest BCUT2D eigenvalue weighted by atomic mass is 10.0. The van der Waals surface area contributed by atoms with Crippen molar-refractivity contribution in [3.63, 3.8) is 0 Å². The minimum Gasteiger partial charge on any atom is -0.391 e. The molecule has 0 aromatic carbocycles. The fourth-order valence-corrected chi connectivity index (χ4v) is 14.4. The monoisotopic (exact) mass is 1310 g/mol. The lowest BCUT2D eigenvalue weighted by Crippen LogP contribution is -2.46. The van der Waals surface area contributed by atoms with Gasteiger partial charge in [0.15, 0.2) is 0 Å². The van der Waals surface area contributed by atoms with Gasteiger partial charge in [-0.2, -0.15) is 0 Å². The van der Waals surface area contributed by atoms with Crippen molar-refractivity contribution in [3.8, 4) is 0 Å². The maximum absolute atomic E-state index is 13.1. The van der Waals surface area contributed by atoms with Crippen LogP contribution in [0.4, 0.5) is 0 Å². The highest BCUT2D eigenvalue weighted by atomic mass is 31.2. The molecule has 0 fully saturated rings. The van der Waals surface area contributed by atoms with Gasteiger partial charge in [0.1, 0.15) is 13.2 Å². The van der Waals surface area contributed by atoms with Gasteiger partial charge in [-0.3, -0.25) is 13.8 Å². The molecule has 3 N–H and O–H groups in total. The van der Waals surface area contributed by atoms with Crippen LogP contribution in [0.3, 0.4) is 0 Å². The summed E-state index contributed by atoms with van der Waals surface area (Å²) in [6.07, 6.45) is 95.7. The summed E-state index contributed by atoms with van der Waals surface area (Å²) < 4.78 is 24.0. The first-order valence-electron chi connectivity index (χ1n) is 41.9. The summed E-state index contributed by atoms with van der Waals surface area (Å²) in [6, 6.07) is -0.758. The van der Waals surface area contributed by atoms with Crippen molar-refractivity contribution in [2.45, 2.75) is 482 Å². The van der Waals surface area contributed by atoms with E-state index in [1.807, 2.05) is 21.1 Å². The van der Waals surface area contributed by atoms with Crippen molar-refractivity contribution in [2.24, 2.45) is 0 Å². The van der Waals surface area contributed by atoms with E-state index in [-0.39, 0.29) is 19.1 Å². The molecule has 0 rings (SSSR count). The first-order valence-corrected chi connectivity index (χ1v) is 43.4. The van der Waals surface area contributed by atoms with E-state index in [1.165, 1.54) is 405 Å². The van der Waals surface area contributed by atoms with E-state index in [9.17, 15) is 19.4 Å². The molecule has 0 aromatic rings. The molecule has 0 aliphatic carbocycles. The molecule has 1 amide bonds. The molecule has 8 nitrogen and oxygen atoms in total. The van der Waals surface area contributed by atoms with Crippen molar-refractivity contribution in [2.75, 3.05) is 40.9 Å². The smallest absolute Gasteiger partial charge is 0.391 e. The SMILES string of the molecule is CCCCCCCCCCCCCCCCCCCCCCCCCCCCCCCCCCCCCCCCCCC(=O)NC(COP(=O)(O)OCC[N+](C)(C)C)C(O)CCCCCCCCCCCCCCCCCCCCCCCCCCCCCCC. The van der Waals surface area contributed by atoms with Gasteiger partial charge in [-0.1, -0.05) is 450 Å². The van der Waals surface area contributed by atoms with E-state index in [4.69, 9.17) is 9.05 Å². The molecule has 546 valence electrons. The van der Waals surface area contributed by atoms with E-state index in [0.29, 0.717) is 23.9 Å². The van der Waals surface area contributed by atoms with Gasteiger partial charge in [0.25, 0.3) is 0 Å². The summed E-state index contributed by atoms with van der Waals surface area (Å²) in [7, 11) is 1.65. The van der Waals surface area contributed by atoms with Crippen LogP contribution in [0.1, 0.15) is 470 Å². The number of nitrogens with zero attached hydrogens (tertiary/aromatic N) is 1. The van der Waals surface area contributed by atoms with Crippen LogP contribution in [-0.4, -0.2) is 73.4 Å². The molecule has 0 aliphatic heterocycles. The average molecular weight is 1310 g/mol. The third-order valence-corrected chi connectivity index (χ3v) is 21.1. The highest BCUT2D eigenvalue weighted by molar-refractivity contribution is 7.47. The van der Waals surface area contributed by atoms with Crippen LogP contribution in [0.15, 0.2) is 0 Å². The summed E-state index contributed by atoms with van der Waals surface area (Å²) in [5.41, 5.74) is 0. The number of rotatable bonds is 80. The standard InChI is InChI=1S/C82H167N2O6P/c1-6-8-10-12-14-16-18-20-22-24-26-28-30-32-34-36-37-38-39-40-41-42-43-44-45-46-48-50-52-54-56-58-60-62-64-66-68-70-72-74-76-82(86)83-80(79-90-91(87,88)89-78-77-84(3,4)5)81(85)75-73-71-69-67-65-63-61-59-57-55-53-51-49-47-35-33-31-29-27-25-23-21-19-17-15-13-11-9-7-2/h80-81,85H,6-79H2,1-5H3,(H-,83,86,87,88)/p+1. The Bertz CT molecular complexity index is 1440. The van der Waals surface area contributed by atoms with Gasteiger partial charge in [0.2, 0.25) is 5.91 Å². The van der Waals surface area contributed by atoms with Crippen LogP contribution in [0.5, 0.6) is 0 Å². The number of phosphoric acid groups is 1. The fraction of sp³-hybridized carbons (Fsp3) is 0.988. The van der Waals surface area contributed by atoms with Crippen LogP contribution in [0, 0.1) is 0 Å². The Morgan fingerprint density at radius 3 is 0.736 bits per heavy atom. The number of unbranched alkanes of at least 4 members (excludes halogenated alkanes) is 67. The third kappa shape index (κ3) is 76.7. The Morgan fingerprint density at radius 2 is 0.527 bits per heavy atom. The molecule has 9 heteroatoms. The average Bonchev–Trinajstić information content (AvgIpc) is 3.68. The molecule has 0 aromatic heterocycles. The predicted octanol–water partition coefficient (Wildman–Crippen LogP) is 27.4. The van der Waals surface area contributed by atoms with E-state index < -0.39 is 20.0 Å². The molecular weight excluding hydrogens is 1140 g/mol. The number of likely N-dealkylation sites (N-methyl/N-ethyl adjacent to an activating group) is 1. The van der Waals surface area contributed by atoms with Gasteiger partial charge in [-0.05, 0) is 12.8 Å². The van der Waals surface area contributed by atoms with Crippen molar-refractivity contribution in [1.29, 1.82) is 0 Å². The van der Waals surface area contributed by atoms with E-state index in [0.717, 1.165) is 38.5 Å². The molecule has 0 saturated carbocycles. The van der Waals surface area contributed by atoms with Gasteiger partial charge in [0.05, 0.1) is 39.9 Å². The van der Waals surface area contributed by atoms with Gasteiger partial charge in [-0.15, -0.1) is 0 Å². The van der Waals surface area contributed by atoms with E-state index in [1.54, 1.807) is 0 Å². The molecule has 0 aliphatic rings. The number of hydrogen-bond acceptors (Lipinski definition) is 5. The first-order chi connectivity index (χ1) is 44.5. The Balaban J connectivity index is 3.84. The normalized spacial score (nSPS) is 13.4. The highest BCUT2D eigenvalue weighted by Crippen LogP contribution is 2.43. The lowest BCUT2D eigenvalue weighted by molar-refractivity contribution is -0.870. The lowest BCUT2D eigenvalue weighted by Gasteiger charge is -2.26.